The first-order valence-corrected chi connectivity index (χ1v) is 7.85. The van der Waals surface area contributed by atoms with Gasteiger partial charge in [-0.2, -0.15) is 0 Å². The molecule has 1 aromatic heterocycles. The number of benzene rings is 1. The summed E-state index contributed by atoms with van der Waals surface area (Å²) in [7, 11) is 0. The lowest BCUT2D eigenvalue weighted by Crippen LogP contribution is -2.42. The van der Waals surface area contributed by atoms with E-state index in [9.17, 15) is 9.59 Å². The third-order valence-corrected chi connectivity index (χ3v) is 4.12. The molecule has 1 aromatic carbocycles. The molecule has 23 heavy (non-hydrogen) atoms. The van der Waals surface area contributed by atoms with Crippen LogP contribution in [0.25, 0.3) is 0 Å². The molecule has 0 radical (unpaired) electrons. The lowest BCUT2D eigenvalue weighted by atomic mass is 10.1. The van der Waals surface area contributed by atoms with Crippen molar-refractivity contribution in [2.45, 2.75) is 18.9 Å². The third-order valence-electron chi connectivity index (χ3n) is 4.12. The summed E-state index contributed by atoms with van der Waals surface area (Å²) in [6.07, 6.45) is 3.13. The van der Waals surface area contributed by atoms with Crippen molar-refractivity contribution in [3.05, 3.63) is 70.1 Å². The van der Waals surface area contributed by atoms with Gasteiger partial charge in [-0.15, -0.1) is 0 Å². The number of carbonyl (C=O) groups excluding carboxylic acids is 1. The Kier molecular flexibility index (Phi) is 4.88. The van der Waals surface area contributed by atoms with Crippen molar-refractivity contribution in [2.24, 2.45) is 0 Å². The first kappa shape index (κ1) is 15.5. The predicted octanol–water partition coefficient (Wildman–Crippen LogP) is 1.85. The fourth-order valence-electron chi connectivity index (χ4n) is 2.82. The molecule has 120 valence electrons. The van der Waals surface area contributed by atoms with E-state index in [2.05, 4.69) is 17.1 Å². The maximum Gasteiger partial charge on any atom is 0.255 e. The quantitative estimate of drug-likeness (QED) is 0.916. The Balaban J connectivity index is 1.76. The van der Waals surface area contributed by atoms with Gasteiger partial charge in [0.2, 0.25) is 5.56 Å². The van der Waals surface area contributed by atoms with Gasteiger partial charge in [-0.25, -0.2) is 0 Å². The number of ether oxygens (including phenoxy) is 1. The zero-order chi connectivity index (χ0) is 16.1. The monoisotopic (exact) mass is 312 g/mol. The fraction of sp³-hybridized carbons (Fsp3) is 0.333. The highest BCUT2D eigenvalue weighted by atomic mass is 16.5. The van der Waals surface area contributed by atoms with E-state index < -0.39 is 0 Å². The molecule has 0 aliphatic carbocycles. The second-order valence-electron chi connectivity index (χ2n) is 5.69. The number of H-pyrrole nitrogens is 1. The number of nitrogens with zero attached hydrogens (tertiary/aromatic N) is 1. The summed E-state index contributed by atoms with van der Waals surface area (Å²) in [5.41, 5.74) is 1.50. The molecule has 1 aliphatic rings. The first-order valence-electron chi connectivity index (χ1n) is 7.85. The Morgan fingerprint density at radius 3 is 2.70 bits per heavy atom. The van der Waals surface area contributed by atoms with Crippen molar-refractivity contribution < 1.29 is 9.53 Å². The molecule has 1 fully saturated rings. The van der Waals surface area contributed by atoms with Gasteiger partial charge in [-0.1, -0.05) is 30.3 Å². The minimum atomic E-state index is -0.207. The molecule has 0 saturated carbocycles. The normalized spacial score (nSPS) is 17.1. The number of hydrogen-bond donors (Lipinski definition) is 1. The molecule has 0 spiro atoms. The number of hydrogen-bond acceptors (Lipinski definition) is 3. The van der Waals surface area contributed by atoms with Crippen LogP contribution in [0.4, 0.5) is 0 Å². The van der Waals surface area contributed by atoms with Crippen molar-refractivity contribution >= 4 is 5.91 Å². The Hall–Kier alpha value is -2.40. The number of amides is 1. The number of nitrogens with one attached hydrogen (secondary N) is 1. The van der Waals surface area contributed by atoms with Gasteiger partial charge >= 0.3 is 0 Å². The lowest BCUT2D eigenvalue weighted by Gasteiger charge is -2.28. The first-order chi connectivity index (χ1) is 11.2. The minimum absolute atomic E-state index is 0.0623. The number of pyridine rings is 1. The van der Waals surface area contributed by atoms with Gasteiger partial charge in [0.25, 0.3) is 5.91 Å². The van der Waals surface area contributed by atoms with Crippen LogP contribution in [0.5, 0.6) is 0 Å². The van der Waals surface area contributed by atoms with Gasteiger partial charge < -0.3 is 14.6 Å². The highest BCUT2D eigenvalue weighted by molar-refractivity contribution is 5.94. The molecule has 1 aliphatic heterocycles. The van der Waals surface area contributed by atoms with Crippen LogP contribution in [0.3, 0.4) is 0 Å². The Bertz CT molecular complexity index is 685. The molecule has 2 aromatic rings. The standard InChI is InChI=1S/C18H20N2O3/c21-17-7-6-15(12-19-17)18(22)20(16-9-11-23-13-16)10-8-14-4-2-1-3-5-14/h1-7,12,16H,8-11,13H2,(H,19,21). The molecule has 1 N–H and O–H groups in total. The van der Waals surface area contributed by atoms with Crippen molar-refractivity contribution in [3.8, 4) is 0 Å². The van der Waals surface area contributed by atoms with Gasteiger partial charge in [0.05, 0.1) is 18.2 Å². The molecule has 5 nitrogen and oxygen atoms in total. The summed E-state index contributed by atoms with van der Waals surface area (Å²) >= 11 is 0. The Morgan fingerprint density at radius 2 is 2.04 bits per heavy atom. The lowest BCUT2D eigenvalue weighted by molar-refractivity contribution is 0.0656. The maximum atomic E-state index is 12.8. The molecular weight excluding hydrogens is 292 g/mol. The van der Waals surface area contributed by atoms with Crippen LogP contribution < -0.4 is 5.56 Å². The van der Waals surface area contributed by atoms with E-state index in [-0.39, 0.29) is 17.5 Å². The predicted molar refractivity (Wildman–Crippen MR) is 87.5 cm³/mol. The van der Waals surface area contributed by atoms with E-state index in [1.165, 1.54) is 17.8 Å². The van der Waals surface area contributed by atoms with Gasteiger partial charge in [0.15, 0.2) is 0 Å². The van der Waals surface area contributed by atoms with E-state index >= 15 is 0 Å². The van der Waals surface area contributed by atoms with Crippen molar-refractivity contribution in [2.75, 3.05) is 19.8 Å². The summed E-state index contributed by atoms with van der Waals surface area (Å²) in [4.78, 5) is 28.4. The number of aromatic nitrogens is 1. The highest BCUT2D eigenvalue weighted by Gasteiger charge is 2.27. The molecule has 2 heterocycles. The summed E-state index contributed by atoms with van der Waals surface area (Å²) in [6.45, 7) is 1.89. The third kappa shape index (κ3) is 3.87. The highest BCUT2D eigenvalue weighted by Crippen LogP contribution is 2.16. The number of rotatable bonds is 5. The van der Waals surface area contributed by atoms with Crippen LogP contribution in [0.15, 0.2) is 53.5 Å². The summed E-state index contributed by atoms with van der Waals surface area (Å²) in [5, 5.41) is 0. The average molecular weight is 312 g/mol. The van der Waals surface area contributed by atoms with Crippen molar-refractivity contribution in [1.29, 1.82) is 0 Å². The maximum absolute atomic E-state index is 12.8. The van der Waals surface area contributed by atoms with E-state index in [1.54, 1.807) is 6.07 Å². The van der Waals surface area contributed by atoms with Gasteiger partial charge in [-0.05, 0) is 24.5 Å². The summed E-state index contributed by atoms with van der Waals surface area (Å²) < 4.78 is 5.44. The topological polar surface area (TPSA) is 62.4 Å². The van der Waals surface area contributed by atoms with Crippen molar-refractivity contribution in [3.63, 3.8) is 0 Å². The second kappa shape index (κ2) is 7.24. The zero-order valence-electron chi connectivity index (χ0n) is 12.9. The zero-order valence-corrected chi connectivity index (χ0v) is 12.9. The van der Waals surface area contributed by atoms with Crippen LogP contribution >= 0.6 is 0 Å². The average Bonchev–Trinajstić information content (AvgIpc) is 3.11. The van der Waals surface area contributed by atoms with Crippen LogP contribution in [-0.4, -0.2) is 41.6 Å². The molecule has 1 saturated heterocycles. The smallest absolute Gasteiger partial charge is 0.255 e. The number of aromatic amines is 1. The minimum Gasteiger partial charge on any atom is -0.379 e. The molecule has 1 atom stereocenters. The Morgan fingerprint density at radius 1 is 1.22 bits per heavy atom. The van der Waals surface area contributed by atoms with Crippen LogP contribution in [0.2, 0.25) is 0 Å². The van der Waals surface area contributed by atoms with Gasteiger partial charge in [0, 0.05) is 25.4 Å². The molecule has 0 bridgehead atoms. The summed E-state index contributed by atoms with van der Waals surface area (Å²) in [6, 6.07) is 13.2. The molecule has 1 unspecified atom stereocenters. The van der Waals surface area contributed by atoms with Crippen molar-refractivity contribution in [1.82, 2.24) is 9.88 Å². The van der Waals surface area contributed by atoms with Crippen LogP contribution in [0.1, 0.15) is 22.3 Å². The Labute approximate surface area is 134 Å². The van der Waals surface area contributed by atoms with Crippen LogP contribution in [0, 0.1) is 0 Å². The largest absolute Gasteiger partial charge is 0.379 e. The van der Waals surface area contributed by atoms with E-state index in [4.69, 9.17) is 4.74 Å². The SMILES string of the molecule is O=C(c1ccc(=O)[nH]c1)N(CCc1ccccc1)C1CCOC1. The van der Waals surface area contributed by atoms with Crippen LogP contribution in [-0.2, 0) is 11.2 Å². The number of carbonyl (C=O) groups is 1. The van der Waals surface area contributed by atoms with E-state index in [1.807, 2.05) is 23.1 Å². The van der Waals surface area contributed by atoms with Gasteiger partial charge in [0.1, 0.15) is 0 Å². The summed E-state index contributed by atoms with van der Waals surface area (Å²) in [5.74, 6) is -0.0623. The van der Waals surface area contributed by atoms with E-state index in [0.29, 0.717) is 25.3 Å². The van der Waals surface area contributed by atoms with E-state index in [0.717, 1.165) is 12.8 Å². The second-order valence-corrected chi connectivity index (χ2v) is 5.69. The fourth-order valence-corrected chi connectivity index (χ4v) is 2.82. The molecular formula is C18H20N2O3. The van der Waals surface area contributed by atoms with Gasteiger partial charge in [-0.3, -0.25) is 9.59 Å². The molecule has 1 amide bonds. The molecule has 3 rings (SSSR count). The molecule has 5 heteroatoms.